The van der Waals surface area contributed by atoms with Crippen LogP contribution in [0, 0.1) is 11.3 Å². The number of Topliss-reactive ketones (excluding diaryl/α,β-unsaturated/α-hetero) is 1. The molecule has 1 aliphatic carbocycles. The highest BCUT2D eigenvalue weighted by molar-refractivity contribution is 7.10. The van der Waals surface area contributed by atoms with Gasteiger partial charge in [0.1, 0.15) is 5.82 Å². The number of rotatable bonds is 4. The number of nitrogens with zero attached hydrogens (tertiary/aromatic N) is 4. The number of benzene rings is 2. The molecule has 2 aliphatic rings. The van der Waals surface area contributed by atoms with Crippen molar-refractivity contribution in [2.24, 2.45) is 5.73 Å². The summed E-state index contributed by atoms with van der Waals surface area (Å²) in [5.74, 6) is -0.00975. The minimum Gasteiger partial charge on any atom is -0.384 e. The Hall–Kier alpha value is -3.86. The van der Waals surface area contributed by atoms with Crippen molar-refractivity contribution in [2.75, 3.05) is 4.90 Å². The van der Waals surface area contributed by atoms with E-state index in [1.807, 2.05) is 41.6 Å². The number of fused-ring (bicyclic) bond motifs is 1. The number of ketones is 1. The molecule has 2 aromatic carbocycles. The van der Waals surface area contributed by atoms with Crippen LogP contribution in [0.3, 0.4) is 0 Å². The zero-order chi connectivity index (χ0) is 24.8. The van der Waals surface area contributed by atoms with E-state index in [-0.39, 0.29) is 5.78 Å². The number of nitrogens with two attached hydrogens (primary N) is 1. The van der Waals surface area contributed by atoms with Gasteiger partial charge in [0.2, 0.25) is 0 Å². The van der Waals surface area contributed by atoms with Crippen molar-refractivity contribution in [3.8, 4) is 6.07 Å². The Balaban J connectivity index is 1.43. The summed E-state index contributed by atoms with van der Waals surface area (Å²) in [4.78, 5) is 20.6. The Morgan fingerprint density at radius 3 is 2.78 bits per heavy atom. The first kappa shape index (κ1) is 22.6. The molecule has 0 spiro atoms. The quantitative estimate of drug-likeness (QED) is 0.357. The molecule has 178 valence electrons. The van der Waals surface area contributed by atoms with Crippen LogP contribution < -0.4 is 10.6 Å². The SMILES string of the molecule is N#CC1=C(N)N(c2ccc(Cl)cc2)C2=C(C(=O)CCC2)C1c1cc(Cn2cnc3ccccc32)cs1. The predicted molar refractivity (Wildman–Crippen MR) is 143 cm³/mol. The zero-order valence-electron chi connectivity index (χ0n) is 19.3. The minimum absolute atomic E-state index is 0.0796. The van der Waals surface area contributed by atoms with Crippen molar-refractivity contribution < 1.29 is 4.79 Å². The molecular weight excluding hydrogens is 490 g/mol. The molecular formula is C28H22ClN5OS. The van der Waals surface area contributed by atoms with Gasteiger partial charge in [0.25, 0.3) is 0 Å². The van der Waals surface area contributed by atoms with Crippen molar-refractivity contribution in [1.82, 2.24) is 9.55 Å². The van der Waals surface area contributed by atoms with Crippen LogP contribution in [0.4, 0.5) is 5.69 Å². The number of hydrogen-bond donors (Lipinski definition) is 1. The fourth-order valence-electron chi connectivity index (χ4n) is 5.22. The molecule has 4 aromatic rings. The number of para-hydroxylation sites is 2. The lowest BCUT2D eigenvalue weighted by Gasteiger charge is -2.39. The van der Waals surface area contributed by atoms with Gasteiger partial charge in [-0.2, -0.15) is 5.26 Å². The van der Waals surface area contributed by atoms with Crippen LogP contribution in [0.5, 0.6) is 0 Å². The number of carbonyl (C=O) groups excluding carboxylic acids is 1. The van der Waals surface area contributed by atoms with Gasteiger partial charge < -0.3 is 10.3 Å². The Labute approximate surface area is 217 Å². The minimum atomic E-state index is -0.459. The topological polar surface area (TPSA) is 87.9 Å². The summed E-state index contributed by atoms with van der Waals surface area (Å²) in [6, 6.07) is 19.8. The zero-order valence-corrected chi connectivity index (χ0v) is 20.9. The van der Waals surface area contributed by atoms with E-state index in [2.05, 4.69) is 33.1 Å². The van der Waals surface area contributed by atoms with Gasteiger partial charge in [-0.05, 0) is 66.2 Å². The van der Waals surface area contributed by atoms with Gasteiger partial charge in [0.15, 0.2) is 5.78 Å². The second kappa shape index (κ2) is 8.98. The standard InChI is InChI=1S/C28H22ClN5OS/c29-18-8-10-19(11-9-18)34-23-6-3-7-24(35)27(23)26(20(13-30)28(34)31)25-12-17(15-36-25)14-33-16-32-21-4-1-2-5-22(21)33/h1-2,4-5,8-12,15-16,26H,3,6-7,14,31H2. The summed E-state index contributed by atoms with van der Waals surface area (Å²) < 4.78 is 2.11. The molecule has 8 heteroatoms. The molecule has 2 aromatic heterocycles. The summed E-state index contributed by atoms with van der Waals surface area (Å²) in [5.41, 5.74) is 12.5. The van der Waals surface area contributed by atoms with E-state index >= 15 is 0 Å². The second-order valence-corrected chi connectivity index (χ2v) is 10.4. The molecule has 0 saturated carbocycles. The van der Waals surface area contributed by atoms with Crippen LogP contribution >= 0.6 is 22.9 Å². The smallest absolute Gasteiger partial charge is 0.161 e. The monoisotopic (exact) mass is 511 g/mol. The van der Waals surface area contributed by atoms with Gasteiger partial charge >= 0.3 is 0 Å². The lowest BCUT2D eigenvalue weighted by atomic mass is 9.78. The van der Waals surface area contributed by atoms with E-state index < -0.39 is 5.92 Å². The van der Waals surface area contributed by atoms with Crippen LogP contribution in [-0.2, 0) is 11.3 Å². The molecule has 0 amide bonds. The van der Waals surface area contributed by atoms with Gasteiger partial charge in [-0.25, -0.2) is 4.98 Å². The van der Waals surface area contributed by atoms with Crippen molar-refractivity contribution in [1.29, 1.82) is 5.26 Å². The van der Waals surface area contributed by atoms with Crippen LogP contribution in [0.2, 0.25) is 5.02 Å². The molecule has 2 N–H and O–H groups in total. The highest BCUT2D eigenvalue weighted by Crippen LogP contribution is 2.47. The van der Waals surface area contributed by atoms with Gasteiger partial charge in [-0.15, -0.1) is 11.3 Å². The molecule has 0 saturated heterocycles. The van der Waals surface area contributed by atoms with Gasteiger partial charge in [-0.3, -0.25) is 9.69 Å². The van der Waals surface area contributed by atoms with Crippen molar-refractivity contribution in [3.63, 3.8) is 0 Å². The molecule has 36 heavy (non-hydrogen) atoms. The van der Waals surface area contributed by atoms with Gasteiger partial charge in [-0.1, -0.05) is 23.7 Å². The van der Waals surface area contributed by atoms with Crippen LogP contribution in [0.25, 0.3) is 11.0 Å². The van der Waals surface area contributed by atoms with Gasteiger partial charge in [0.05, 0.1) is 34.9 Å². The maximum atomic E-state index is 13.3. The third-order valence-electron chi connectivity index (χ3n) is 6.84. The first-order valence-corrected chi connectivity index (χ1v) is 13.0. The summed E-state index contributed by atoms with van der Waals surface area (Å²) in [7, 11) is 0. The van der Waals surface area contributed by atoms with Crippen LogP contribution in [0.15, 0.2) is 89.0 Å². The second-order valence-electron chi connectivity index (χ2n) is 9.01. The average Bonchev–Trinajstić information content (AvgIpc) is 3.52. The molecule has 1 aliphatic heterocycles. The number of anilines is 1. The number of halogens is 1. The molecule has 0 fully saturated rings. The first-order valence-electron chi connectivity index (χ1n) is 11.7. The van der Waals surface area contributed by atoms with Crippen molar-refractivity contribution in [3.05, 3.63) is 104 Å². The van der Waals surface area contributed by atoms with E-state index in [0.29, 0.717) is 35.0 Å². The Kier molecular flexibility index (Phi) is 5.63. The molecule has 1 atom stereocenters. The molecule has 6 rings (SSSR count). The number of imidazole rings is 1. The molecule has 3 heterocycles. The number of aromatic nitrogens is 2. The average molecular weight is 512 g/mol. The fourth-order valence-corrected chi connectivity index (χ4v) is 6.37. The highest BCUT2D eigenvalue weighted by atomic mass is 35.5. The third-order valence-corrected chi connectivity index (χ3v) is 8.14. The van der Waals surface area contributed by atoms with Crippen LogP contribution in [0.1, 0.15) is 35.6 Å². The third kappa shape index (κ3) is 3.70. The van der Waals surface area contributed by atoms with Crippen LogP contribution in [-0.4, -0.2) is 15.3 Å². The van der Waals surface area contributed by atoms with Gasteiger partial charge in [0, 0.05) is 39.8 Å². The summed E-state index contributed by atoms with van der Waals surface area (Å²) in [6.07, 6.45) is 3.80. The lowest BCUT2D eigenvalue weighted by molar-refractivity contribution is -0.116. The number of allylic oxidation sites excluding steroid dienone is 3. The highest BCUT2D eigenvalue weighted by Gasteiger charge is 2.40. The number of thiophene rings is 1. The molecule has 0 radical (unpaired) electrons. The van der Waals surface area contributed by atoms with E-state index in [9.17, 15) is 10.1 Å². The Morgan fingerprint density at radius 2 is 1.97 bits per heavy atom. The van der Waals surface area contributed by atoms with E-state index in [1.165, 1.54) is 0 Å². The molecule has 6 nitrogen and oxygen atoms in total. The number of carbonyl (C=O) groups is 1. The predicted octanol–water partition coefficient (Wildman–Crippen LogP) is 6.10. The molecule has 0 bridgehead atoms. The Morgan fingerprint density at radius 1 is 1.17 bits per heavy atom. The Bertz CT molecular complexity index is 1600. The van der Waals surface area contributed by atoms with Crippen molar-refractivity contribution in [2.45, 2.75) is 31.7 Å². The lowest BCUT2D eigenvalue weighted by Crippen LogP contribution is -2.38. The van der Waals surface area contributed by atoms with E-state index in [0.717, 1.165) is 45.7 Å². The maximum Gasteiger partial charge on any atom is 0.161 e. The molecule has 1 unspecified atom stereocenters. The summed E-state index contributed by atoms with van der Waals surface area (Å²) in [5, 5.41) is 12.9. The summed E-state index contributed by atoms with van der Waals surface area (Å²) >= 11 is 7.67. The van der Waals surface area contributed by atoms with E-state index in [1.54, 1.807) is 23.5 Å². The van der Waals surface area contributed by atoms with E-state index in [4.69, 9.17) is 17.3 Å². The largest absolute Gasteiger partial charge is 0.384 e. The first-order chi connectivity index (χ1) is 17.5. The maximum absolute atomic E-state index is 13.3. The number of nitriles is 1. The summed E-state index contributed by atoms with van der Waals surface area (Å²) in [6.45, 7) is 0.654. The normalized spacial score (nSPS) is 18.1. The fraction of sp³-hybridized carbons (Fsp3) is 0.179. The number of hydrogen-bond acceptors (Lipinski definition) is 6. The van der Waals surface area contributed by atoms with Crippen molar-refractivity contribution >= 4 is 45.4 Å².